The van der Waals surface area contributed by atoms with Gasteiger partial charge in [0, 0.05) is 23.0 Å². The number of primary amides is 1. The SMILES string of the molecule is C[C@@H](ON1C=C(c2cnc3ccc(CS(C)(=O)=O)nn23)SC1CC(N)=O)c1ccccc1Cl. The Kier molecular flexibility index (Phi) is 6.66. The summed E-state index contributed by atoms with van der Waals surface area (Å²) < 4.78 is 25.0. The Bertz CT molecular complexity index is 1340. The summed E-state index contributed by atoms with van der Waals surface area (Å²) >= 11 is 7.69. The molecular weight excluding hydrogens is 486 g/mol. The lowest BCUT2D eigenvalue weighted by Crippen LogP contribution is -2.30. The van der Waals surface area contributed by atoms with Gasteiger partial charge in [-0.1, -0.05) is 41.6 Å². The molecule has 0 aliphatic carbocycles. The number of aromatic nitrogens is 3. The molecule has 1 aliphatic rings. The number of benzene rings is 1. The van der Waals surface area contributed by atoms with Crippen molar-refractivity contribution in [3.05, 3.63) is 70.8 Å². The monoisotopic (exact) mass is 507 g/mol. The highest BCUT2D eigenvalue weighted by Crippen LogP contribution is 2.42. The fourth-order valence-corrected chi connectivity index (χ4v) is 5.59. The lowest BCUT2D eigenvalue weighted by atomic mass is 10.1. The molecule has 174 valence electrons. The maximum Gasteiger partial charge on any atom is 0.220 e. The van der Waals surface area contributed by atoms with Crippen LogP contribution in [0.4, 0.5) is 0 Å². The van der Waals surface area contributed by atoms with Crippen molar-refractivity contribution in [1.82, 2.24) is 19.7 Å². The van der Waals surface area contributed by atoms with Gasteiger partial charge < -0.3 is 5.73 Å². The van der Waals surface area contributed by atoms with Gasteiger partial charge in [-0.25, -0.2) is 23.0 Å². The summed E-state index contributed by atoms with van der Waals surface area (Å²) in [7, 11) is -3.24. The van der Waals surface area contributed by atoms with Crippen LogP contribution < -0.4 is 5.73 Å². The Morgan fingerprint density at radius 1 is 1.30 bits per heavy atom. The van der Waals surface area contributed by atoms with E-state index in [0.717, 1.165) is 16.7 Å². The minimum absolute atomic E-state index is 0.0589. The Balaban J connectivity index is 1.65. The smallest absolute Gasteiger partial charge is 0.220 e. The van der Waals surface area contributed by atoms with Gasteiger partial charge in [0.1, 0.15) is 17.2 Å². The van der Waals surface area contributed by atoms with Crippen LogP contribution in [0.25, 0.3) is 10.6 Å². The number of sulfone groups is 1. The molecule has 1 aromatic carbocycles. The van der Waals surface area contributed by atoms with Crippen molar-refractivity contribution in [2.45, 2.75) is 30.6 Å². The van der Waals surface area contributed by atoms with E-state index in [1.807, 2.05) is 25.1 Å². The van der Waals surface area contributed by atoms with Crippen LogP contribution >= 0.6 is 23.4 Å². The second-order valence-electron chi connectivity index (χ2n) is 7.67. The summed E-state index contributed by atoms with van der Waals surface area (Å²) in [6.07, 6.45) is 4.25. The number of carbonyl (C=O) groups excluding carboxylic acids is 1. The van der Waals surface area contributed by atoms with E-state index in [1.54, 1.807) is 40.2 Å². The van der Waals surface area contributed by atoms with Crippen LogP contribution in [-0.2, 0) is 25.2 Å². The number of imidazole rings is 1. The third-order valence-electron chi connectivity index (χ3n) is 4.87. The van der Waals surface area contributed by atoms with Gasteiger partial charge in [0.15, 0.2) is 15.5 Å². The summed E-state index contributed by atoms with van der Waals surface area (Å²) in [5, 5.41) is 6.23. The number of hydrogen-bond donors (Lipinski definition) is 1. The maximum absolute atomic E-state index is 11.7. The van der Waals surface area contributed by atoms with Crippen molar-refractivity contribution >= 4 is 49.7 Å². The van der Waals surface area contributed by atoms with Crippen molar-refractivity contribution in [1.29, 1.82) is 0 Å². The van der Waals surface area contributed by atoms with Gasteiger partial charge in [-0.05, 0) is 25.1 Å². The zero-order valence-corrected chi connectivity index (χ0v) is 20.3. The molecule has 0 spiro atoms. The number of fused-ring (bicyclic) bond motifs is 1. The molecule has 0 saturated carbocycles. The third kappa shape index (κ3) is 5.49. The number of hydroxylamine groups is 2. The number of rotatable bonds is 8. The van der Waals surface area contributed by atoms with Gasteiger partial charge in [-0.15, -0.1) is 0 Å². The first-order valence-electron chi connectivity index (χ1n) is 9.99. The molecule has 3 aromatic rings. The normalized spacial score (nSPS) is 17.4. The van der Waals surface area contributed by atoms with E-state index in [0.29, 0.717) is 22.1 Å². The predicted molar refractivity (Wildman–Crippen MR) is 127 cm³/mol. The Morgan fingerprint density at radius 2 is 2.06 bits per heavy atom. The molecule has 1 aliphatic heterocycles. The van der Waals surface area contributed by atoms with E-state index in [-0.39, 0.29) is 18.3 Å². The fraction of sp³-hybridized carbons (Fsp3) is 0.286. The molecule has 33 heavy (non-hydrogen) atoms. The number of nitrogens with zero attached hydrogens (tertiary/aromatic N) is 4. The van der Waals surface area contributed by atoms with Crippen LogP contribution in [0.15, 0.2) is 48.8 Å². The number of nitrogens with two attached hydrogens (primary N) is 1. The van der Waals surface area contributed by atoms with Crippen LogP contribution in [0.2, 0.25) is 5.02 Å². The molecule has 2 atom stereocenters. The lowest BCUT2D eigenvalue weighted by Gasteiger charge is -2.26. The van der Waals surface area contributed by atoms with E-state index in [1.165, 1.54) is 11.8 Å². The van der Waals surface area contributed by atoms with E-state index in [2.05, 4.69) is 10.1 Å². The van der Waals surface area contributed by atoms with E-state index in [4.69, 9.17) is 22.2 Å². The summed E-state index contributed by atoms with van der Waals surface area (Å²) in [6, 6.07) is 10.7. The number of hydrogen-bond acceptors (Lipinski definition) is 8. The van der Waals surface area contributed by atoms with Crippen LogP contribution in [0.5, 0.6) is 0 Å². The summed E-state index contributed by atoms with van der Waals surface area (Å²) in [4.78, 5) is 22.9. The molecule has 9 nitrogen and oxygen atoms in total. The standard InChI is InChI=1S/C21H22ClN5O4S2/c1-13(15-5-3-4-6-16(15)22)31-26-11-18(32-21(26)9-19(23)28)17-10-24-20-8-7-14(25-27(17)20)12-33(2,29)30/h3-8,10-11,13,21H,9,12H2,1-2H3,(H2,23,28)/t13-,21?/m1/s1. The average molecular weight is 508 g/mol. The molecule has 2 aromatic heterocycles. The minimum Gasteiger partial charge on any atom is -0.370 e. The van der Waals surface area contributed by atoms with E-state index >= 15 is 0 Å². The highest BCUT2D eigenvalue weighted by molar-refractivity contribution is 8.09. The molecule has 0 radical (unpaired) electrons. The van der Waals surface area contributed by atoms with Gasteiger partial charge in [0.2, 0.25) is 5.91 Å². The molecule has 3 heterocycles. The van der Waals surface area contributed by atoms with Crippen LogP contribution in [0.1, 0.15) is 36.4 Å². The Hall–Kier alpha value is -2.60. The van der Waals surface area contributed by atoms with E-state index in [9.17, 15) is 13.2 Å². The number of amides is 1. The molecule has 1 unspecified atom stereocenters. The number of carbonyl (C=O) groups is 1. The number of thioether (sulfide) groups is 1. The summed E-state index contributed by atoms with van der Waals surface area (Å²) in [5.41, 5.74) is 7.90. The molecule has 0 fully saturated rings. The summed E-state index contributed by atoms with van der Waals surface area (Å²) in [5.74, 6) is -0.644. The van der Waals surface area contributed by atoms with Crippen LogP contribution in [-0.4, -0.2) is 45.6 Å². The predicted octanol–water partition coefficient (Wildman–Crippen LogP) is 3.17. The quantitative estimate of drug-likeness (QED) is 0.493. The molecule has 0 bridgehead atoms. The van der Waals surface area contributed by atoms with Crippen LogP contribution in [0, 0.1) is 0 Å². The Labute approximate surface area is 200 Å². The zero-order chi connectivity index (χ0) is 23.8. The minimum atomic E-state index is -3.24. The van der Waals surface area contributed by atoms with Crippen molar-refractivity contribution in [3.8, 4) is 0 Å². The first-order chi connectivity index (χ1) is 15.6. The molecule has 4 rings (SSSR count). The first-order valence-corrected chi connectivity index (χ1v) is 13.3. The molecular formula is C21H22ClN5O4S2. The second kappa shape index (κ2) is 9.34. The summed E-state index contributed by atoms with van der Waals surface area (Å²) in [6.45, 7) is 1.87. The van der Waals surface area contributed by atoms with Crippen molar-refractivity contribution in [3.63, 3.8) is 0 Å². The van der Waals surface area contributed by atoms with Gasteiger partial charge in [0.05, 0.1) is 29.0 Å². The highest BCUT2D eigenvalue weighted by atomic mass is 35.5. The zero-order valence-electron chi connectivity index (χ0n) is 17.9. The van der Waals surface area contributed by atoms with E-state index < -0.39 is 21.1 Å². The second-order valence-corrected chi connectivity index (χ2v) is 11.4. The third-order valence-corrected chi connectivity index (χ3v) is 7.25. The first kappa shape index (κ1) is 23.6. The highest BCUT2D eigenvalue weighted by Gasteiger charge is 2.32. The van der Waals surface area contributed by atoms with Gasteiger partial charge >= 0.3 is 0 Å². The fourth-order valence-electron chi connectivity index (χ4n) is 3.43. The van der Waals surface area contributed by atoms with Gasteiger partial charge in [0.25, 0.3) is 0 Å². The van der Waals surface area contributed by atoms with Gasteiger partial charge in [-0.2, -0.15) is 5.10 Å². The molecule has 0 saturated heterocycles. The average Bonchev–Trinajstić information content (AvgIpc) is 3.30. The van der Waals surface area contributed by atoms with Crippen molar-refractivity contribution in [2.24, 2.45) is 5.73 Å². The van der Waals surface area contributed by atoms with Crippen LogP contribution in [0.3, 0.4) is 0 Å². The topological polar surface area (TPSA) is 120 Å². The maximum atomic E-state index is 11.7. The molecule has 1 amide bonds. The Morgan fingerprint density at radius 3 is 2.76 bits per heavy atom. The molecule has 12 heteroatoms. The largest absolute Gasteiger partial charge is 0.370 e. The van der Waals surface area contributed by atoms with Gasteiger partial charge in [-0.3, -0.25) is 9.63 Å². The molecule has 2 N–H and O–H groups in total. The van der Waals surface area contributed by atoms with Crippen molar-refractivity contribution in [2.75, 3.05) is 6.26 Å². The lowest BCUT2D eigenvalue weighted by molar-refractivity contribution is -0.168. The number of halogens is 1. The van der Waals surface area contributed by atoms with Crippen molar-refractivity contribution < 1.29 is 18.0 Å².